The Morgan fingerprint density at radius 3 is 2.58 bits per heavy atom. The Morgan fingerprint density at radius 1 is 1.42 bits per heavy atom. The van der Waals surface area contributed by atoms with Crippen LogP contribution in [0.25, 0.3) is 0 Å². The summed E-state index contributed by atoms with van der Waals surface area (Å²) in [7, 11) is 0. The van der Waals surface area contributed by atoms with Gasteiger partial charge in [0.25, 0.3) is 0 Å². The summed E-state index contributed by atoms with van der Waals surface area (Å²) in [6.07, 6.45) is 0.838. The molecule has 0 saturated heterocycles. The van der Waals surface area contributed by atoms with E-state index in [2.05, 4.69) is 15.5 Å². The van der Waals surface area contributed by atoms with Crippen LogP contribution in [0.3, 0.4) is 0 Å². The summed E-state index contributed by atoms with van der Waals surface area (Å²) >= 11 is 0. The molecule has 1 rings (SSSR count). The lowest BCUT2D eigenvalue weighted by Gasteiger charge is -2.16. The highest BCUT2D eigenvalue weighted by Gasteiger charge is 2.21. The van der Waals surface area contributed by atoms with Gasteiger partial charge in [0.15, 0.2) is 5.82 Å². The summed E-state index contributed by atoms with van der Waals surface area (Å²) in [4.78, 5) is 26.6. The molecule has 1 aromatic rings. The van der Waals surface area contributed by atoms with E-state index in [-0.39, 0.29) is 18.2 Å². The Balaban J connectivity index is 2.42. The first-order chi connectivity index (χ1) is 8.88. The largest absolute Gasteiger partial charge is 0.480 e. The molecule has 7 heteroatoms. The van der Waals surface area contributed by atoms with Crippen molar-refractivity contribution in [1.29, 1.82) is 0 Å². The molecule has 1 amide bonds. The lowest BCUT2D eigenvalue weighted by atomic mass is 10.0. The number of carboxylic acids is 1. The third-order valence-electron chi connectivity index (χ3n) is 2.48. The maximum Gasteiger partial charge on any atom is 0.326 e. The van der Waals surface area contributed by atoms with E-state index in [0.717, 1.165) is 0 Å². The van der Waals surface area contributed by atoms with Gasteiger partial charge in [0, 0.05) is 12.8 Å². The second-order valence-corrected chi connectivity index (χ2v) is 4.82. The summed E-state index contributed by atoms with van der Waals surface area (Å²) in [5, 5.41) is 15.1. The number of hydrogen-bond donors (Lipinski definition) is 2. The van der Waals surface area contributed by atoms with Crippen LogP contribution in [0.1, 0.15) is 38.4 Å². The first kappa shape index (κ1) is 15.1. The third kappa shape index (κ3) is 5.50. The predicted octanol–water partition coefficient (Wildman–Crippen LogP) is 0.926. The quantitative estimate of drug-likeness (QED) is 0.762. The van der Waals surface area contributed by atoms with Crippen LogP contribution < -0.4 is 5.32 Å². The van der Waals surface area contributed by atoms with Crippen molar-refractivity contribution in [3.63, 3.8) is 0 Å². The van der Waals surface area contributed by atoms with Gasteiger partial charge in [-0.25, -0.2) is 4.79 Å². The van der Waals surface area contributed by atoms with Crippen molar-refractivity contribution < 1.29 is 19.2 Å². The van der Waals surface area contributed by atoms with Gasteiger partial charge < -0.3 is 14.9 Å². The fourth-order valence-electron chi connectivity index (χ4n) is 1.62. The molecule has 0 aliphatic rings. The minimum Gasteiger partial charge on any atom is -0.480 e. The van der Waals surface area contributed by atoms with Gasteiger partial charge in [0.05, 0.1) is 0 Å². The molecule has 19 heavy (non-hydrogen) atoms. The number of rotatable bonds is 7. The van der Waals surface area contributed by atoms with Crippen LogP contribution in [0, 0.1) is 12.8 Å². The first-order valence-electron chi connectivity index (χ1n) is 6.20. The highest BCUT2D eigenvalue weighted by Crippen LogP contribution is 2.06. The van der Waals surface area contributed by atoms with E-state index in [9.17, 15) is 9.59 Å². The van der Waals surface area contributed by atoms with Crippen LogP contribution in [-0.2, 0) is 16.0 Å². The SMILES string of the molecule is Cc1noc(CCC(=O)N[C@H](CC(C)C)C(=O)O)n1. The lowest BCUT2D eigenvalue weighted by molar-refractivity contribution is -0.142. The third-order valence-corrected chi connectivity index (χ3v) is 2.48. The van der Waals surface area contributed by atoms with Crippen molar-refractivity contribution in [3.05, 3.63) is 11.7 Å². The van der Waals surface area contributed by atoms with E-state index in [1.54, 1.807) is 6.92 Å². The second kappa shape index (κ2) is 6.86. The van der Waals surface area contributed by atoms with Crippen molar-refractivity contribution in [1.82, 2.24) is 15.5 Å². The van der Waals surface area contributed by atoms with E-state index in [1.807, 2.05) is 13.8 Å². The molecule has 0 aliphatic heterocycles. The number of carboxylic acid groups (broad SMARTS) is 1. The number of nitrogens with zero attached hydrogens (tertiary/aromatic N) is 2. The summed E-state index contributed by atoms with van der Waals surface area (Å²) in [6.45, 7) is 5.50. The molecular weight excluding hydrogens is 250 g/mol. The van der Waals surface area contributed by atoms with Crippen LogP contribution in [0.2, 0.25) is 0 Å². The van der Waals surface area contributed by atoms with Gasteiger partial charge in [-0.15, -0.1) is 0 Å². The molecule has 0 spiro atoms. The van der Waals surface area contributed by atoms with Crippen LogP contribution in [-0.4, -0.2) is 33.2 Å². The second-order valence-electron chi connectivity index (χ2n) is 4.82. The molecule has 0 fully saturated rings. The Labute approximate surface area is 111 Å². The van der Waals surface area contributed by atoms with E-state index in [0.29, 0.717) is 24.6 Å². The highest BCUT2D eigenvalue weighted by molar-refractivity contribution is 5.83. The normalized spacial score (nSPS) is 12.4. The van der Waals surface area contributed by atoms with Gasteiger partial charge in [-0.3, -0.25) is 4.79 Å². The fourth-order valence-corrected chi connectivity index (χ4v) is 1.62. The molecule has 0 saturated carbocycles. The van der Waals surface area contributed by atoms with E-state index in [4.69, 9.17) is 9.63 Å². The van der Waals surface area contributed by atoms with E-state index >= 15 is 0 Å². The highest BCUT2D eigenvalue weighted by atomic mass is 16.5. The number of aryl methyl sites for hydroxylation is 2. The molecule has 2 N–H and O–H groups in total. The Kier molecular flexibility index (Phi) is 5.47. The Hall–Kier alpha value is -1.92. The number of amides is 1. The van der Waals surface area contributed by atoms with E-state index in [1.165, 1.54) is 0 Å². The number of hydrogen-bond acceptors (Lipinski definition) is 5. The molecule has 7 nitrogen and oxygen atoms in total. The van der Waals surface area contributed by atoms with Crippen molar-refractivity contribution in [3.8, 4) is 0 Å². The van der Waals surface area contributed by atoms with Crippen molar-refractivity contribution in [2.75, 3.05) is 0 Å². The smallest absolute Gasteiger partial charge is 0.326 e. The number of carbonyl (C=O) groups excluding carboxylic acids is 1. The number of aliphatic carboxylic acids is 1. The Bertz CT molecular complexity index is 442. The van der Waals surface area contributed by atoms with E-state index < -0.39 is 12.0 Å². The maximum absolute atomic E-state index is 11.7. The summed E-state index contributed by atoms with van der Waals surface area (Å²) in [5.74, 6) is -0.262. The summed E-state index contributed by atoms with van der Waals surface area (Å²) in [5.41, 5.74) is 0. The molecule has 0 aliphatic carbocycles. The molecule has 0 bridgehead atoms. The molecular formula is C12H19N3O4. The van der Waals surface area contributed by atoms with Gasteiger partial charge in [-0.1, -0.05) is 19.0 Å². The average Bonchev–Trinajstić information content (AvgIpc) is 2.71. The zero-order chi connectivity index (χ0) is 14.4. The van der Waals surface area contributed by atoms with Gasteiger partial charge in [0.1, 0.15) is 6.04 Å². The topological polar surface area (TPSA) is 105 Å². The average molecular weight is 269 g/mol. The Morgan fingerprint density at radius 2 is 2.11 bits per heavy atom. The molecule has 0 radical (unpaired) electrons. The lowest BCUT2D eigenvalue weighted by Crippen LogP contribution is -2.41. The molecule has 106 valence electrons. The zero-order valence-corrected chi connectivity index (χ0v) is 11.3. The van der Waals surface area contributed by atoms with Gasteiger partial charge >= 0.3 is 5.97 Å². The van der Waals surface area contributed by atoms with Crippen LogP contribution in [0.5, 0.6) is 0 Å². The number of nitrogens with one attached hydrogen (secondary N) is 1. The van der Waals surface area contributed by atoms with Crippen LogP contribution in [0.4, 0.5) is 0 Å². The standard InChI is InChI=1S/C12H19N3O4/c1-7(2)6-9(12(17)18)14-10(16)4-5-11-13-8(3)15-19-11/h7,9H,4-6H2,1-3H3,(H,14,16)(H,17,18)/t9-/m1/s1. The number of carbonyl (C=O) groups is 2. The van der Waals surface area contributed by atoms with Crippen LogP contribution in [0.15, 0.2) is 4.52 Å². The van der Waals surface area contributed by atoms with Crippen molar-refractivity contribution in [2.45, 2.75) is 46.1 Å². The molecule has 0 unspecified atom stereocenters. The molecule has 0 aromatic carbocycles. The van der Waals surface area contributed by atoms with Gasteiger partial charge in [-0.05, 0) is 19.3 Å². The van der Waals surface area contributed by atoms with Crippen molar-refractivity contribution in [2.24, 2.45) is 5.92 Å². The minimum absolute atomic E-state index is 0.128. The number of aromatic nitrogens is 2. The van der Waals surface area contributed by atoms with Gasteiger partial charge in [-0.2, -0.15) is 4.98 Å². The molecule has 1 aromatic heterocycles. The summed E-state index contributed by atoms with van der Waals surface area (Å²) in [6, 6.07) is -0.850. The van der Waals surface area contributed by atoms with Gasteiger partial charge in [0.2, 0.25) is 11.8 Å². The maximum atomic E-state index is 11.7. The van der Waals surface area contributed by atoms with Crippen molar-refractivity contribution >= 4 is 11.9 Å². The molecule has 1 atom stereocenters. The monoisotopic (exact) mass is 269 g/mol. The zero-order valence-electron chi connectivity index (χ0n) is 11.3. The predicted molar refractivity (Wildman–Crippen MR) is 66.4 cm³/mol. The fraction of sp³-hybridized carbons (Fsp3) is 0.667. The van der Waals surface area contributed by atoms with Crippen LogP contribution >= 0.6 is 0 Å². The first-order valence-corrected chi connectivity index (χ1v) is 6.20. The minimum atomic E-state index is -1.02. The summed E-state index contributed by atoms with van der Waals surface area (Å²) < 4.78 is 4.87. The molecule has 1 heterocycles.